The molecule has 1 N–H and O–H groups in total. The maximum atomic E-state index is 6.08. The van der Waals surface area contributed by atoms with E-state index >= 15 is 0 Å². The van der Waals surface area contributed by atoms with Crippen LogP contribution >= 0.6 is 11.6 Å². The van der Waals surface area contributed by atoms with E-state index in [1.54, 1.807) is 6.26 Å². The Morgan fingerprint density at radius 2 is 2.06 bits per heavy atom. The number of nitrogens with one attached hydrogen (secondary N) is 1. The summed E-state index contributed by atoms with van der Waals surface area (Å²) in [6, 6.07) is 6.13. The SMILES string of the molecule is CCNC(c1ccoc1Cl)C(C)c1ccncc1. The molecule has 0 bridgehead atoms. The van der Waals surface area contributed by atoms with E-state index in [4.69, 9.17) is 16.0 Å². The van der Waals surface area contributed by atoms with Gasteiger partial charge in [0.25, 0.3) is 0 Å². The van der Waals surface area contributed by atoms with E-state index in [2.05, 4.69) is 24.1 Å². The Hall–Kier alpha value is -1.32. The van der Waals surface area contributed by atoms with Crippen molar-refractivity contribution in [1.82, 2.24) is 10.3 Å². The molecule has 0 amide bonds. The number of rotatable bonds is 5. The third-order valence-electron chi connectivity index (χ3n) is 3.14. The molecular weight excluding hydrogens is 248 g/mol. The predicted octanol–water partition coefficient (Wildman–Crippen LogP) is 3.78. The van der Waals surface area contributed by atoms with Crippen LogP contribution < -0.4 is 5.32 Å². The smallest absolute Gasteiger partial charge is 0.197 e. The van der Waals surface area contributed by atoms with Crippen LogP contribution in [0.1, 0.15) is 36.9 Å². The third kappa shape index (κ3) is 2.74. The van der Waals surface area contributed by atoms with Gasteiger partial charge in [0.2, 0.25) is 0 Å². The summed E-state index contributed by atoms with van der Waals surface area (Å²) < 4.78 is 5.19. The van der Waals surface area contributed by atoms with Crippen LogP contribution in [0.3, 0.4) is 0 Å². The van der Waals surface area contributed by atoms with Crippen molar-refractivity contribution < 1.29 is 4.42 Å². The number of pyridine rings is 1. The second-order valence-electron chi connectivity index (χ2n) is 4.25. The zero-order valence-corrected chi connectivity index (χ0v) is 11.3. The highest BCUT2D eigenvalue weighted by molar-refractivity contribution is 6.29. The molecule has 0 aliphatic rings. The zero-order valence-electron chi connectivity index (χ0n) is 10.6. The molecule has 3 nitrogen and oxygen atoms in total. The van der Waals surface area contributed by atoms with E-state index in [0.717, 1.165) is 12.1 Å². The van der Waals surface area contributed by atoms with Crippen molar-refractivity contribution in [3.63, 3.8) is 0 Å². The minimum absolute atomic E-state index is 0.142. The summed E-state index contributed by atoms with van der Waals surface area (Å²) in [6.07, 6.45) is 5.25. The topological polar surface area (TPSA) is 38.1 Å². The summed E-state index contributed by atoms with van der Waals surface area (Å²) in [4.78, 5) is 4.05. The highest BCUT2D eigenvalue weighted by Crippen LogP contribution is 2.34. The lowest BCUT2D eigenvalue weighted by Gasteiger charge is -2.24. The average Bonchev–Trinajstić information content (AvgIpc) is 2.82. The van der Waals surface area contributed by atoms with Gasteiger partial charge in [-0.2, -0.15) is 0 Å². The van der Waals surface area contributed by atoms with Gasteiger partial charge in [-0.3, -0.25) is 4.98 Å². The number of hydrogen-bond donors (Lipinski definition) is 1. The normalized spacial score (nSPS) is 14.4. The van der Waals surface area contributed by atoms with Gasteiger partial charge in [-0.1, -0.05) is 13.8 Å². The third-order valence-corrected chi connectivity index (χ3v) is 3.44. The number of furan rings is 1. The molecule has 2 heterocycles. The fourth-order valence-corrected chi connectivity index (χ4v) is 2.39. The maximum absolute atomic E-state index is 6.08. The minimum atomic E-state index is 0.142. The number of likely N-dealkylation sites (N-methyl/N-ethyl adjacent to an activating group) is 1. The highest BCUT2D eigenvalue weighted by atomic mass is 35.5. The molecule has 0 saturated carbocycles. The predicted molar refractivity (Wildman–Crippen MR) is 72.8 cm³/mol. The Bertz CT molecular complexity index is 484. The molecule has 0 saturated heterocycles. The number of halogens is 1. The maximum Gasteiger partial charge on any atom is 0.197 e. The van der Waals surface area contributed by atoms with Gasteiger partial charge in [0.05, 0.1) is 6.26 Å². The van der Waals surface area contributed by atoms with Crippen molar-refractivity contribution in [3.05, 3.63) is 53.2 Å². The molecule has 0 aliphatic heterocycles. The van der Waals surface area contributed by atoms with E-state index < -0.39 is 0 Å². The van der Waals surface area contributed by atoms with E-state index in [9.17, 15) is 0 Å². The molecular formula is C14H17ClN2O. The Morgan fingerprint density at radius 3 is 2.61 bits per heavy atom. The summed E-state index contributed by atoms with van der Waals surface area (Å²) in [6.45, 7) is 5.13. The first-order valence-electron chi connectivity index (χ1n) is 6.10. The van der Waals surface area contributed by atoms with Gasteiger partial charge in [0, 0.05) is 29.9 Å². The highest BCUT2D eigenvalue weighted by Gasteiger charge is 2.23. The number of hydrogen-bond acceptors (Lipinski definition) is 3. The van der Waals surface area contributed by atoms with Gasteiger partial charge in [-0.25, -0.2) is 0 Å². The van der Waals surface area contributed by atoms with Gasteiger partial charge < -0.3 is 9.73 Å². The Kier molecular flexibility index (Phi) is 4.39. The first kappa shape index (κ1) is 13.1. The summed E-state index contributed by atoms with van der Waals surface area (Å²) in [7, 11) is 0. The Balaban J connectivity index is 2.28. The lowest BCUT2D eigenvalue weighted by molar-refractivity contribution is 0.471. The molecule has 18 heavy (non-hydrogen) atoms. The number of nitrogens with zero attached hydrogens (tertiary/aromatic N) is 1. The first-order chi connectivity index (χ1) is 8.74. The van der Waals surface area contributed by atoms with Crippen LogP contribution in [0.5, 0.6) is 0 Å². The van der Waals surface area contributed by atoms with Crippen molar-refractivity contribution in [2.45, 2.75) is 25.8 Å². The van der Waals surface area contributed by atoms with Crippen LogP contribution in [0.15, 0.2) is 41.3 Å². The van der Waals surface area contributed by atoms with Crippen LogP contribution in [-0.4, -0.2) is 11.5 Å². The molecule has 2 aromatic rings. The molecule has 0 spiro atoms. The van der Waals surface area contributed by atoms with E-state index in [1.807, 2.05) is 30.6 Å². The van der Waals surface area contributed by atoms with Gasteiger partial charge in [0.15, 0.2) is 5.22 Å². The standard InChI is InChI=1S/C14H17ClN2O/c1-3-17-13(12-6-9-18-14(12)15)10(2)11-4-7-16-8-5-11/h4-10,13,17H,3H2,1-2H3. The van der Waals surface area contributed by atoms with Crippen LogP contribution in [0.4, 0.5) is 0 Å². The fourth-order valence-electron chi connectivity index (χ4n) is 2.16. The van der Waals surface area contributed by atoms with Gasteiger partial charge in [0.1, 0.15) is 0 Å². The van der Waals surface area contributed by atoms with Crippen LogP contribution in [0.2, 0.25) is 5.22 Å². The summed E-state index contributed by atoms with van der Waals surface area (Å²) in [5.41, 5.74) is 2.23. The van der Waals surface area contributed by atoms with Crippen molar-refractivity contribution >= 4 is 11.6 Å². The fraction of sp³-hybridized carbons (Fsp3) is 0.357. The molecule has 2 atom stereocenters. The van der Waals surface area contributed by atoms with E-state index in [0.29, 0.717) is 11.1 Å². The van der Waals surface area contributed by atoms with E-state index in [1.165, 1.54) is 5.56 Å². The van der Waals surface area contributed by atoms with Crippen molar-refractivity contribution in [2.75, 3.05) is 6.54 Å². The lowest BCUT2D eigenvalue weighted by Crippen LogP contribution is -2.25. The second-order valence-corrected chi connectivity index (χ2v) is 4.60. The van der Waals surface area contributed by atoms with Crippen molar-refractivity contribution in [1.29, 1.82) is 0 Å². The summed E-state index contributed by atoms with van der Waals surface area (Å²) >= 11 is 6.08. The van der Waals surface area contributed by atoms with Gasteiger partial charge in [-0.15, -0.1) is 0 Å². The zero-order chi connectivity index (χ0) is 13.0. The largest absolute Gasteiger partial charge is 0.453 e. The molecule has 96 valence electrons. The summed E-state index contributed by atoms with van der Waals surface area (Å²) in [5.74, 6) is 0.294. The molecule has 2 aromatic heterocycles. The second kappa shape index (κ2) is 6.03. The molecule has 4 heteroatoms. The molecule has 0 aromatic carbocycles. The van der Waals surface area contributed by atoms with Crippen LogP contribution in [0, 0.1) is 0 Å². The quantitative estimate of drug-likeness (QED) is 0.893. The summed E-state index contributed by atoms with van der Waals surface area (Å²) in [5, 5.41) is 3.92. The van der Waals surface area contributed by atoms with Gasteiger partial charge in [-0.05, 0) is 41.9 Å². The Labute approximate surface area is 112 Å². The monoisotopic (exact) mass is 264 g/mol. The first-order valence-corrected chi connectivity index (χ1v) is 6.48. The molecule has 2 rings (SSSR count). The Morgan fingerprint density at radius 1 is 1.33 bits per heavy atom. The van der Waals surface area contributed by atoms with Crippen molar-refractivity contribution in [3.8, 4) is 0 Å². The van der Waals surface area contributed by atoms with Crippen LogP contribution in [0.25, 0.3) is 0 Å². The average molecular weight is 265 g/mol. The molecule has 0 radical (unpaired) electrons. The van der Waals surface area contributed by atoms with Gasteiger partial charge >= 0.3 is 0 Å². The molecule has 0 aliphatic carbocycles. The van der Waals surface area contributed by atoms with Crippen molar-refractivity contribution in [2.24, 2.45) is 0 Å². The van der Waals surface area contributed by atoms with Crippen LogP contribution in [-0.2, 0) is 0 Å². The molecule has 0 fully saturated rings. The molecule has 2 unspecified atom stereocenters. The number of aromatic nitrogens is 1. The van der Waals surface area contributed by atoms with E-state index in [-0.39, 0.29) is 6.04 Å². The lowest BCUT2D eigenvalue weighted by atomic mass is 9.90. The minimum Gasteiger partial charge on any atom is -0.453 e.